The van der Waals surface area contributed by atoms with Gasteiger partial charge >= 0.3 is 0 Å². The minimum atomic E-state index is -3.49. The molecule has 1 aliphatic rings. The molecule has 2 heterocycles. The second-order valence-electron chi connectivity index (χ2n) is 4.71. The van der Waals surface area contributed by atoms with Gasteiger partial charge in [-0.15, -0.1) is 22.9 Å². The van der Waals surface area contributed by atoms with E-state index in [0.717, 1.165) is 11.3 Å². The third-order valence-corrected chi connectivity index (χ3v) is 7.12. The number of alkyl halides is 1. The third-order valence-electron chi connectivity index (χ3n) is 3.31. The molecule has 0 amide bonds. The lowest BCUT2D eigenvalue weighted by Crippen LogP contribution is -2.53. The molecule has 0 unspecified atom stereocenters. The standard InChI is InChI=1S/C12H18ClNO3S2/c1-2-10-3-4-11(18-10)19(15,16)14-12(9-13)5-7-17-8-6-12/h3-4,14H,2,5-9H2,1H3. The Kier molecular flexibility index (Phi) is 4.89. The number of nitrogens with one attached hydrogen (secondary N) is 1. The van der Waals surface area contributed by atoms with Crippen LogP contribution in [-0.4, -0.2) is 33.1 Å². The van der Waals surface area contributed by atoms with Crippen LogP contribution in [0.2, 0.25) is 0 Å². The van der Waals surface area contributed by atoms with Crippen molar-refractivity contribution < 1.29 is 13.2 Å². The van der Waals surface area contributed by atoms with Gasteiger partial charge in [-0.05, 0) is 31.4 Å². The largest absolute Gasteiger partial charge is 0.381 e. The summed E-state index contributed by atoms with van der Waals surface area (Å²) in [5.74, 6) is 0.265. The van der Waals surface area contributed by atoms with Gasteiger partial charge in [0.15, 0.2) is 0 Å². The van der Waals surface area contributed by atoms with Crippen molar-refractivity contribution in [2.24, 2.45) is 0 Å². The molecule has 19 heavy (non-hydrogen) atoms. The van der Waals surface area contributed by atoms with Gasteiger partial charge < -0.3 is 4.74 Å². The van der Waals surface area contributed by atoms with Gasteiger partial charge in [0.05, 0.1) is 5.54 Å². The molecule has 1 aliphatic heterocycles. The number of thiophene rings is 1. The Morgan fingerprint density at radius 3 is 2.63 bits per heavy atom. The van der Waals surface area contributed by atoms with E-state index >= 15 is 0 Å². The van der Waals surface area contributed by atoms with Crippen LogP contribution in [0.5, 0.6) is 0 Å². The Hall–Kier alpha value is -0.140. The van der Waals surface area contributed by atoms with Gasteiger partial charge in [-0.1, -0.05) is 6.92 Å². The number of halogens is 1. The molecule has 1 N–H and O–H groups in total. The van der Waals surface area contributed by atoms with Crippen LogP contribution in [0.15, 0.2) is 16.3 Å². The van der Waals surface area contributed by atoms with Crippen LogP contribution in [0.25, 0.3) is 0 Å². The van der Waals surface area contributed by atoms with Crippen LogP contribution in [0.4, 0.5) is 0 Å². The molecule has 0 bridgehead atoms. The highest BCUT2D eigenvalue weighted by atomic mass is 35.5. The quantitative estimate of drug-likeness (QED) is 0.846. The topological polar surface area (TPSA) is 55.4 Å². The molecule has 1 saturated heterocycles. The molecule has 4 nitrogen and oxygen atoms in total. The molecule has 7 heteroatoms. The summed E-state index contributed by atoms with van der Waals surface area (Å²) < 4.78 is 33.2. The van der Waals surface area contributed by atoms with Gasteiger partial charge in [0.25, 0.3) is 10.0 Å². The normalized spacial score (nSPS) is 19.5. The number of sulfonamides is 1. The summed E-state index contributed by atoms with van der Waals surface area (Å²) in [5.41, 5.74) is -0.574. The van der Waals surface area contributed by atoms with Crippen molar-refractivity contribution in [2.45, 2.75) is 35.9 Å². The second kappa shape index (κ2) is 6.10. The maximum Gasteiger partial charge on any atom is 0.250 e. The van der Waals surface area contributed by atoms with E-state index in [2.05, 4.69) is 4.72 Å². The lowest BCUT2D eigenvalue weighted by molar-refractivity contribution is 0.0549. The van der Waals surface area contributed by atoms with Crippen molar-refractivity contribution in [2.75, 3.05) is 19.1 Å². The summed E-state index contributed by atoms with van der Waals surface area (Å²) in [5, 5.41) is 0. The average molecular weight is 324 g/mol. The number of rotatable bonds is 5. The molecule has 1 aromatic rings. The molecule has 1 aromatic heterocycles. The lowest BCUT2D eigenvalue weighted by Gasteiger charge is -2.35. The van der Waals surface area contributed by atoms with E-state index in [1.807, 2.05) is 13.0 Å². The van der Waals surface area contributed by atoms with E-state index in [0.29, 0.717) is 30.3 Å². The zero-order valence-electron chi connectivity index (χ0n) is 10.8. The first-order valence-corrected chi connectivity index (χ1v) is 9.11. The van der Waals surface area contributed by atoms with Crippen LogP contribution < -0.4 is 4.72 Å². The van der Waals surface area contributed by atoms with Gasteiger partial charge in [0, 0.05) is 24.0 Å². The van der Waals surface area contributed by atoms with Crippen LogP contribution in [0.1, 0.15) is 24.6 Å². The molecule has 2 rings (SSSR count). The van der Waals surface area contributed by atoms with Crippen molar-refractivity contribution in [3.8, 4) is 0 Å². The predicted octanol–water partition coefficient (Wildman–Crippen LogP) is 2.38. The predicted molar refractivity (Wildman–Crippen MR) is 77.5 cm³/mol. The molecule has 0 spiro atoms. The molecule has 0 aliphatic carbocycles. The van der Waals surface area contributed by atoms with Crippen molar-refractivity contribution in [3.63, 3.8) is 0 Å². The van der Waals surface area contributed by atoms with Crippen LogP contribution >= 0.6 is 22.9 Å². The highest BCUT2D eigenvalue weighted by molar-refractivity contribution is 7.91. The highest BCUT2D eigenvalue weighted by Crippen LogP contribution is 2.28. The maximum absolute atomic E-state index is 12.4. The van der Waals surface area contributed by atoms with E-state index in [9.17, 15) is 8.42 Å². The highest BCUT2D eigenvalue weighted by Gasteiger charge is 2.36. The molecule has 0 atom stereocenters. The van der Waals surface area contributed by atoms with E-state index in [4.69, 9.17) is 16.3 Å². The Labute approximate surface area is 123 Å². The van der Waals surface area contributed by atoms with Crippen molar-refractivity contribution in [3.05, 3.63) is 17.0 Å². The van der Waals surface area contributed by atoms with E-state index in [1.54, 1.807) is 6.07 Å². The fourth-order valence-corrected chi connectivity index (χ4v) is 5.22. The molecule has 108 valence electrons. The Balaban J connectivity index is 2.19. The smallest absolute Gasteiger partial charge is 0.250 e. The molecule has 0 aromatic carbocycles. The SMILES string of the molecule is CCc1ccc(S(=O)(=O)NC2(CCl)CCOCC2)s1. The number of ether oxygens (including phenoxy) is 1. The summed E-state index contributed by atoms with van der Waals surface area (Å²) >= 11 is 7.30. The Bertz CT molecular complexity index is 521. The molecule has 0 radical (unpaired) electrons. The first-order valence-electron chi connectivity index (χ1n) is 6.28. The molecule has 0 saturated carbocycles. The first-order chi connectivity index (χ1) is 9.01. The van der Waals surface area contributed by atoms with Gasteiger partial charge in [0.1, 0.15) is 4.21 Å². The summed E-state index contributed by atoms with van der Waals surface area (Å²) in [7, 11) is -3.49. The summed E-state index contributed by atoms with van der Waals surface area (Å²) in [6.07, 6.45) is 2.07. The van der Waals surface area contributed by atoms with Gasteiger partial charge in [-0.2, -0.15) is 0 Å². The minimum absolute atomic E-state index is 0.265. The number of aryl methyl sites for hydroxylation is 1. The summed E-state index contributed by atoms with van der Waals surface area (Å²) in [6, 6.07) is 3.52. The number of hydrogen-bond donors (Lipinski definition) is 1. The zero-order valence-corrected chi connectivity index (χ0v) is 13.2. The number of hydrogen-bond acceptors (Lipinski definition) is 4. The zero-order chi connectivity index (χ0) is 13.9. The van der Waals surface area contributed by atoms with E-state index < -0.39 is 15.6 Å². The lowest BCUT2D eigenvalue weighted by atomic mass is 9.94. The minimum Gasteiger partial charge on any atom is -0.381 e. The van der Waals surface area contributed by atoms with E-state index in [1.165, 1.54) is 11.3 Å². The van der Waals surface area contributed by atoms with Crippen molar-refractivity contribution in [1.29, 1.82) is 0 Å². The second-order valence-corrected chi connectivity index (χ2v) is 8.05. The first kappa shape index (κ1) is 15.3. The molecule has 1 fully saturated rings. The van der Waals surface area contributed by atoms with Crippen molar-refractivity contribution >= 4 is 33.0 Å². The fraction of sp³-hybridized carbons (Fsp3) is 0.667. The average Bonchev–Trinajstić information content (AvgIpc) is 2.89. The van der Waals surface area contributed by atoms with Gasteiger partial charge in [-0.3, -0.25) is 0 Å². The molecular formula is C12H18ClNO3S2. The van der Waals surface area contributed by atoms with E-state index in [-0.39, 0.29) is 5.88 Å². The Morgan fingerprint density at radius 2 is 2.11 bits per heavy atom. The van der Waals surface area contributed by atoms with Crippen LogP contribution in [0.3, 0.4) is 0 Å². The van der Waals surface area contributed by atoms with Crippen molar-refractivity contribution in [1.82, 2.24) is 4.72 Å². The van der Waals surface area contributed by atoms with Gasteiger partial charge in [-0.25, -0.2) is 13.1 Å². The summed E-state index contributed by atoms with van der Waals surface area (Å²) in [6.45, 7) is 3.09. The third kappa shape index (κ3) is 3.49. The van der Waals surface area contributed by atoms with Crippen LogP contribution in [-0.2, 0) is 21.2 Å². The van der Waals surface area contributed by atoms with Gasteiger partial charge in [0.2, 0.25) is 0 Å². The maximum atomic E-state index is 12.4. The molecular weight excluding hydrogens is 306 g/mol. The Morgan fingerprint density at radius 1 is 1.42 bits per heavy atom. The van der Waals surface area contributed by atoms with Crippen LogP contribution in [0, 0.1) is 0 Å². The fourth-order valence-electron chi connectivity index (χ4n) is 2.05. The summed E-state index contributed by atoms with van der Waals surface area (Å²) in [4.78, 5) is 1.06. The monoisotopic (exact) mass is 323 g/mol.